The first-order chi connectivity index (χ1) is 21.0. The lowest BCUT2D eigenvalue weighted by molar-refractivity contribution is -0.121. The molecule has 238 valence electrons. The minimum Gasteiger partial charge on any atom is -0.507 e. The van der Waals surface area contributed by atoms with Crippen LogP contribution in [-0.4, -0.2) is 35.0 Å². The van der Waals surface area contributed by atoms with Crippen LogP contribution in [0.1, 0.15) is 96.8 Å². The molecule has 8 nitrogen and oxygen atoms in total. The Kier molecular flexibility index (Phi) is 12.8. The molecule has 0 aliphatic heterocycles. The Morgan fingerprint density at radius 2 is 1.25 bits per heavy atom. The first-order valence-electron chi connectivity index (χ1n) is 15.5. The zero-order valence-corrected chi connectivity index (χ0v) is 26.9. The van der Waals surface area contributed by atoms with E-state index >= 15 is 0 Å². The Morgan fingerprint density at radius 1 is 0.773 bits per heavy atom. The Hall–Kier alpha value is -3.91. The fourth-order valence-electron chi connectivity index (χ4n) is 4.94. The third-order valence-electron chi connectivity index (χ3n) is 7.46. The molecule has 1 aromatic heterocycles. The molecule has 8 heteroatoms. The molecule has 3 aromatic rings. The van der Waals surface area contributed by atoms with Crippen LogP contribution in [0.2, 0.25) is 0 Å². The number of carbonyl (C=O) groups excluding carboxylic acids is 2. The largest absolute Gasteiger partial charge is 0.507 e. The number of aliphatic hydroxyl groups is 1. The van der Waals surface area contributed by atoms with E-state index in [4.69, 9.17) is 13.9 Å². The first-order valence-corrected chi connectivity index (χ1v) is 15.5. The summed E-state index contributed by atoms with van der Waals surface area (Å²) in [7, 11) is 0. The van der Waals surface area contributed by atoms with E-state index in [1.165, 1.54) is 6.07 Å². The van der Waals surface area contributed by atoms with E-state index in [-0.39, 0.29) is 70.4 Å². The molecule has 2 aromatic carbocycles. The third-order valence-corrected chi connectivity index (χ3v) is 7.46. The topological polar surface area (TPSA) is 123 Å². The Morgan fingerprint density at radius 3 is 1.73 bits per heavy atom. The van der Waals surface area contributed by atoms with E-state index in [0.717, 1.165) is 36.8 Å². The molecule has 0 atom stereocenters. The molecule has 0 aliphatic rings. The summed E-state index contributed by atoms with van der Waals surface area (Å²) in [4.78, 5) is 39.0. The van der Waals surface area contributed by atoms with Crippen molar-refractivity contribution in [2.75, 3.05) is 13.2 Å². The first kappa shape index (κ1) is 34.6. The number of benzene rings is 2. The van der Waals surface area contributed by atoms with E-state index in [2.05, 4.69) is 0 Å². The number of ether oxygens (including phenoxy) is 2. The fourth-order valence-corrected chi connectivity index (χ4v) is 4.94. The monoisotopic (exact) mass is 606 g/mol. The fraction of sp³-hybridized carbons (Fsp3) is 0.472. The van der Waals surface area contributed by atoms with Crippen LogP contribution in [0.15, 0.2) is 44.6 Å². The van der Waals surface area contributed by atoms with Gasteiger partial charge in [-0.3, -0.25) is 14.4 Å². The van der Waals surface area contributed by atoms with Gasteiger partial charge in [-0.2, -0.15) is 0 Å². The van der Waals surface area contributed by atoms with Gasteiger partial charge in [-0.25, -0.2) is 0 Å². The molecule has 0 fully saturated rings. The molecule has 0 bridgehead atoms. The molecule has 2 N–H and O–H groups in total. The van der Waals surface area contributed by atoms with Gasteiger partial charge in [0.2, 0.25) is 5.43 Å². The summed E-state index contributed by atoms with van der Waals surface area (Å²) in [6.07, 6.45) is 8.50. The number of hydrogen-bond donors (Lipinski definition) is 2. The number of Topliss-reactive ketones (excluding diaryl/α,β-unsaturated/α-hetero) is 2. The molecule has 0 radical (unpaired) electrons. The smallest absolute Gasteiger partial charge is 0.204 e. The quantitative estimate of drug-likeness (QED) is 0.120. The van der Waals surface area contributed by atoms with Gasteiger partial charge >= 0.3 is 0 Å². The minimum atomic E-state index is -0.458. The summed E-state index contributed by atoms with van der Waals surface area (Å²) in [5.41, 5.74) is 3.12. The number of unbranched alkanes of at least 4 members (excludes halogenated alkanes) is 2. The van der Waals surface area contributed by atoms with Crippen molar-refractivity contribution >= 4 is 33.5 Å². The van der Waals surface area contributed by atoms with Crippen molar-refractivity contribution in [2.45, 2.75) is 99.5 Å². The van der Waals surface area contributed by atoms with Crippen LogP contribution in [0.4, 0.5) is 0 Å². The number of aliphatic hydroxyl groups excluding tert-OH is 1. The van der Waals surface area contributed by atoms with Gasteiger partial charge in [-0.05, 0) is 58.9 Å². The summed E-state index contributed by atoms with van der Waals surface area (Å²) >= 11 is 0. The van der Waals surface area contributed by atoms with Crippen LogP contribution < -0.4 is 14.9 Å². The van der Waals surface area contributed by atoms with Crippen molar-refractivity contribution in [3.05, 3.63) is 62.3 Å². The molecule has 0 amide bonds. The molecule has 0 unspecified atom stereocenters. The molecule has 0 spiro atoms. The number of ketones is 2. The maximum Gasteiger partial charge on any atom is 0.204 e. The molecule has 0 saturated heterocycles. The lowest BCUT2D eigenvalue weighted by atomic mass is 9.95. The van der Waals surface area contributed by atoms with Gasteiger partial charge < -0.3 is 24.1 Å². The Labute approximate surface area is 259 Å². The summed E-state index contributed by atoms with van der Waals surface area (Å²) in [5.74, 6) is 0.120. The van der Waals surface area contributed by atoms with Crippen LogP contribution in [0.25, 0.3) is 21.9 Å². The van der Waals surface area contributed by atoms with Crippen molar-refractivity contribution in [3.8, 4) is 17.2 Å². The van der Waals surface area contributed by atoms with Gasteiger partial charge in [0.05, 0.1) is 12.0 Å². The highest BCUT2D eigenvalue weighted by atomic mass is 16.5. The average Bonchev–Trinajstić information content (AvgIpc) is 2.98. The van der Waals surface area contributed by atoms with Crippen molar-refractivity contribution < 1.29 is 33.7 Å². The maximum absolute atomic E-state index is 14.2. The normalized spacial score (nSPS) is 11.1. The third kappa shape index (κ3) is 8.59. The molecule has 0 aliphatic carbocycles. The van der Waals surface area contributed by atoms with Crippen LogP contribution >= 0.6 is 0 Å². The number of rotatable bonds is 17. The van der Waals surface area contributed by atoms with Gasteiger partial charge in [0.1, 0.15) is 47.0 Å². The second-order valence-electron chi connectivity index (χ2n) is 11.7. The van der Waals surface area contributed by atoms with E-state index < -0.39 is 12.0 Å². The van der Waals surface area contributed by atoms with Gasteiger partial charge in [0, 0.05) is 36.1 Å². The highest BCUT2D eigenvalue weighted by Gasteiger charge is 2.24. The second kappa shape index (κ2) is 16.2. The van der Waals surface area contributed by atoms with E-state index in [1.807, 2.05) is 53.7 Å². The van der Waals surface area contributed by atoms with Crippen LogP contribution in [0, 0.1) is 0 Å². The molecule has 3 rings (SSSR count). The number of allylic oxidation sites excluding steroid dienone is 4. The lowest BCUT2D eigenvalue weighted by Gasteiger charge is -2.18. The van der Waals surface area contributed by atoms with Gasteiger partial charge in [0.15, 0.2) is 11.6 Å². The molecule has 0 saturated carbocycles. The zero-order valence-electron chi connectivity index (χ0n) is 26.9. The highest BCUT2D eigenvalue weighted by Crippen LogP contribution is 2.39. The number of fused-ring (bicyclic) bond motifs is 2. The van der Waals surface area contributed by atoms with Gasteiger partial charge in [-0.1, -0.05) is 50.0 Å². The SMILES string of the molecule is CCCCC(=O)COc1cc2oc3cc(OCC(=O)CCCC)c(CO)c(CC=C(C)C)c3c(=O)c2c(O)c1CC=C(C)C. The van der Waals surface area contributed by atoms with Crippen LogP contribution in [-0.2, 0) is 29.0 Å². The molecular formula is C36H46O8. The van der Waals surface area contributed by atoms with Crippen molar-refractivity contribution in [1.82, 2.24) is 0 Å². The zero-order chi connectivity index (χ0) is 32.4. The lowest BCUT2D eigenvalue weighted by Crippen LogP contribution is -2.15. The van der Waals surface area contributed by atoms with E-state index in [1.54, 1.807) is 6.07 Å². The summed E-state index contributed by atoms with van der Waals surface area (Å²) < 4.78 is 18.1. The van der Waals surface area contributed by atoms with Gasteiger partial charge in [0.25, 0.3) is 0 Å². The molecule has 44 heavy (non-hydrogen) atoms. The second-order valence-corrected chi connectivity index (χ2v) is 11.7. The number of carbonyl (C=O) groups is 2. The predicted molar refractivity (Wildman–Crippen MR) is 174 cm³/mol. The minimum absolute atomic E-state index is 0.00920. The van der Waals surface area contributed by atoms with Crippen LogP contribution in [0.5, 0.6) is 17.2 Å². The standard InChI is InChI=1S/C36H46O8/c1-7-9-11-24(38)20-42-29-17-32-34(35(40)27(29)16-14-23(5)6)36(41)33-26(15-13-22(3)4)28(19-37)30(18-31(33)44-32)43-21-25(39)12-10-8-2/h13-14,17-18,37,40H,7-12,15-16,19-21H2,1-6H3. The van der Waals surface area contributed by atoms with E-state index in [9.17, 15) is 24.6 Å². The Bertz CT molecular complexity index is 1620. The van der Waals surface area contributed by atoms with Crippen LogP contribution in [0.3, 0.4) is 0 Å². The number of phenols is 1. The average molecular weight is 607 g/mol. The number of phenolic OH excluding ortho intramolecular Hbond substituents is 1. The Balaban J connectivity index is 2.29. The van der Waals surface area contributed by atoms with Crippen molar-refractivity contribution in [2.24, 2.45) is 0 Å². The number of hydrogen-bond acceptors (Lipinski definition) is 8. The predicted octanol–water partition coefficient (Wildman–Crippen LogP) is 7.44. The summed E-state index contributed by atoms with van der Waals surface area (Å²) in [6.45, 7) is 11.0. The molecular weight excluding hydrogens is 560 g/mol. The summed E-state index contributed by atoms with van der Waals surface area (Å²) in [6, 6.07) is 3.06. The number of aromatic hydroxyl groups is 1. The highest BCUT2D eigenvalue weighted by molar-refractivity contribution is 5.97. The van der Waals surface area contributed by atoms with Crippen molar-refractivity contribution in [1.29, 1.82) is 0 Å². The molecule has 1 heterocycles. The van der Waals surface area contributed by atoms with Gasteiger partial charge in [-0.15, -0.1) is 0 Å². The summed E-state index contributed by atoms with van der Waals surface area (Å²) in [5, 5.41) is 22.2. The van der Waals surface area contributed by atoms with Crippen molar-refractivity contribution in [3.63, 3.8) is 0 Å². The van der Waals surface area contributed by atoms with E-state index in [0.29, 0.717) is 36.0 Å². The maximum atomic E-state index is 14.2.